The third kappa shape index (κ3) is 14.1. The molecule has 0 aliphatic carbocycles. The Morgan fingerprint density at radius 1 is 0.731 bits per heavy atom. The van der Waals surface area contributed by atoms with Gasteiger partial charge in [-0.3, -0.25) is 20.2 Å². The predicted molar refractivity (Wildman–Crippen MR) is 94.4 cm³/mol. The maximum absolute atomic E-state index is 10.4. The first kappa shape index (κ1) is 26.0. The van der Waals surface area contributed by atoms with Gasteiger partial charge in [0, 0.05) is 22.7 Å². The van der Waals surface area contributed by atoms with Crippen LogP contribution in [0.15, 0.2) is 0 Å². The number of rotatable bonds is 14. The van der Waals surface area contributed by atoms with Crippen LogP contribution in [0.25, 0.3) is 0 Å². The molecule has 0 amide bonds. The van der Waals surface area contributed by atoms with Gasteiger partial charge in [-0.15, -0.1) is 0 Å². The van der Waals surface area contributed by atoms with E-state index in [2.05, 4.69) is 0 Å². The number of carbonyl (C=O) groups is 2. The van der Waals surface area contributed by atoms with Crippen molar-refractivity contribution in [2.75, 3.05) is 0 Å². The number of aliphatic carboxylic acids is 2. The molecule has 0 rings (SSSR count). The van der Waals surface area contributed by atoms with Crippen molar-refractivity contribution in [3.8, 4) is 0 Å². The Morgan fingerprint density at radius 2 is 1.04 bits per heavy atom. The van der Waals surface area contributed by atoms with E-state index in [1.807, 2.05) is 13.8 Å². The van der Waals surface area contributed by atoms with Crippen molar-refractivity contribution in [2.45, 2.75) is 90.1 Å². The van der Waals surface area contributed by atoms with E-state index in [1.165, 1.54) is 0 Å². The maximum atomic E-state index is 10.4. The fourth-order valence-corrected chi connectivity index (χ4v) is 2.17. The van der Waals surface area contributed by atoms with Crippen LogP contribution in [0.3, 0.4) is 0 Å². The van der Waals surface area contributed by atoms with Crippen LogP contribution < -0.4 is 0 Å². The van der Waals surface area contributed by atoms with Crippen LogP contribution in [0.4, 0.5) is 0 Å². The lowest BCUT2D eigenvalue weighted by atomic mass is 10.1. The molecule has 0 aromatic heterocycles. The normalized spacial score (nSPS) is 12.4. The Labute approximate surface area is 152 Å². The van der Waals surface area contributed by atoms with Crippen LogP contribution in [0.1, 0.15) is 78.1 Å². The zero-order chi connectivity index (χ0) is 20.5. The topological polar surface area (TPSA) is 161 Å². The van der Waals surface area contributed by atoms with Crippen molar-refractivity contribution in [1.29, 1.82) is 0 Å². The maximum Gasteiger partial charge on any atom is 0.379 e. The zero-order valence-electron chi connectivity index (χ0n) is 15.5. The van der Waals surface area contributed by atoms with E-state index in [0.717, 1.165) is 38.5 Å². The minimum atomic E-state index is -1.42. The molecule has 0 aromatic carbocycles. The van der Waals surface area contributed by atoms with Gasteiger partial charge in [0.05, 0.1) is 0 Å². The van der Waals surface area contributed by atoms with Crippen molar-refractivity contribution in [3.05, 3.63) is 20.2 Å². The molecule has 26 heavy (non-hydrogen) atoms. The standard InChI is InChI=1S/2C8H15NO4/c2*1-2-3-4-5-6-7(8(10)11)9(12)13/h2*7H,2-6H2,1H3,(H,10,11). The molecule has 0 bridgehead atoms. The summed E-state index contributed by atoms with van der Waals surface area (Å²) >= 11 is 0. The third-order valence-corrected chi connectivity index (χ3v) is 3.74. The predicted octanol–water partition coefficient (Wildman–Crippen LogP) is 3.37. The summed E-state index contributed by atoms with van der Waals surface area (Å²) in [5.41, 5.74) is 0. The second-order valence-corrected chi connectivity index (χ2v) is 5.98. The fraction of sp³-hybridized carbons (Fsp3) is 0.875. The van der Waals surface area contributed by atoms with Gasteiger partial charge < -0.3 is 10.2 Å². The highest BCUT2D eigenvalue weighted by Crippen LogP contribution is 2.08. The minimum absolute atomic E-state index is 0.141. The van der Waals surface area contributed by atoms with E-state index in [1.54, 1.807) is 0 Å². The highest BCUT2D eigenvalue weighted by atomic mass is 16.6. The molecule has 2 unspecified atom stereocenters. The first-order valence-corrected chi connectivity index (χ1v) is 8.91. The van der Waals surface area contributed by atoms with Crippen LogP contribution in [0, 0.1) is 20.2 Å². The van der Waals surface area contributed by atoms with Crippen molar-refractivity contribution >= 4 is 11.9 Å². The summed E-state index contributed by atoms with van der Waals surface area (Å²) in [6, 6.07) is -2.84. The quantitative estimate of drug-likeness (QED) is 0.264. The fourth-order valence-electron chi connectivity index (χ4n) is 2.17. The Bertz CT molecular complexity index is 374. The summed E-state index contributed by atoms with van der Waals surface area (Å²) in [6.07, 6.45) is 7.34. The molecule has 0 fully saturated rings. The Morgan fingerprint density at radius 3 is 1.23 bits per heavy atom. The number of nitro groups is 2. The third-order valence-electron chi connectivity index (χ3n) is 3.74. The average molecular weight is 378 g/mol. The lowest BCUT2D eigenvalue weighted by Crippen LogP contribution is -2.28. The molecule has 0 saturated heterocycles. The van der Waals surface area contributed by atoms with Crippen LogP contribution >= 0.6 is 0 Å². The smallest absolute Gasteiger partial charge is 0.379 e. The van der Waals surface area contributed by atoms with Crippen LogP contribution in [0.5, 0.6) is 0 Å². The Kier molecular flexibility index (Phi) is 16.2. The molecular formula is C16H30N2O8. The van der Waals surface area contributed by atoms with E-state index in [-0.39, 0.29) is 12.8 Å². The van der Waals surface area contributed by atoms with Gasteiger partial charge in [-0.05, 0) is 12.8 Å². The summed E-state index contributed by atoms with van der Waals surface area (Å²) in [6.45, 7) is 4.06. The van der Waals surface area contributed by atoms with E-state index >= 15 is 0 Å². The molecule has 0 radical (unpaired) electrons. The monoisotopic (exact) mass is 378 g/mol. The SMILES string of the molecule is CCCCCCC(C(=O)O)[N+](=O)[O-].CCCCCCC(C(=O)O)[N+](=O)[O-]. The molecule has 10 heteroatoms. The summed E-state index contributed by atoms with van der Waals surface area (Å²) < 4.78 is 0. The minimum Gasteiger partial charge on any atom is -0.476 e. The van der Waals surface area contributed by atoms with Crippen LogP contribution in [-0.2, 0) is 9.59 Å². The molecule has 0 spiro atoms. The summed E-state index contributed by atoms with van der Waals surface area (Å²) in [5.74, 6) is -2.66. The number of carboxylic acid groups (broad SMARTS) is 2. The van der Waals surface area contributed by atoms with Crippen LogP contribution in [-0.4, -0.2) is 44.1 Å². The van der Waals surface area contributed by atoms with Gasteiger partial charge in [0.2, 0.25) is 0 Å². The zero-order valence-corrected chi connectivity index (χ0v) is 15.5. The number of hydrogen-bond acceptors (Lipinski definition) is 6. The van der Waals surface area contributed by atoms with Gasteiger partial charge in [0.15, 0.2) is 0 Å². The van der Waals surface area contributed by atoms with Gasteiger partial charge in [-0.25, -0.2) is 9.59 Å². The lowest BCUT2D eigenvalue weighted by molar-refractivity contribution is -0.511. The first-order valence-electron chi connectivity index (χ1n) is 8.91. The number of nitrogens with zero attached hydrogens (tertiary/aromatic N) is 2. The molecule has 2 N–H and O–H groups in total. The number of hydrogen-bond donors (Lipinski definition) is 2. The molecule has 152 valence electrons. The highest BCUT2D eigenvalue weighted by Gasteiger charge is 2.28. The van der Waals surface area contributed by atoms with E-state index in [4.69, 9.17) is 10.2 Å². The Balaban J connectivity index is 0. The molecule has 2 atom stereocenters. The summed E-state index contributed by atoms with van der Waals surface area (Å²) in [7, 11) is 0. The molecular weight excluding hydrogens is 348 g/mol. The van der Waals surface area contributed by atoms with Crippen molar-refractivity contribution in [2.24, 2.45) is 0 Å². The van der Waals surface area contributed by atoms with E-state index in [0.29, 0.717) is 12.8 Å². The first-order chi connectivity index (χ1) is 12.2. The molecule has 0 aliphatic heterocycles. The molecule has 0 saturated carbocycles. The lowest BCUT2D eigenvalue weighted by Gasteiger charge is -2.03. The highest BCUT2D eigenvalue weighted by molar-refractivity contribution is 5.72. The number of unbranched alkanes of at least 4 members (excludes halogenated alkanes) is 6. The van der Waals surface area contributed by atoms with Crippen molar-refractivity contribution < 1.29 is 29.6 Å². The Hall–Kier alpha value is -2.26. The molecule has 0 aliphatic rings. The van der Waals surface area contributed by atoms with Gasteiger partial charge in [-0.2, -0.15) is 0 Å². The van der Waals surface area contributed by atoms with Gasteiger partial charge in [-0.1, -0.05) is 52.4 Å². The molecule has 0 heterocycles. The molecule has 0 aromatic rings. The van der Waals surface area contributed by atoms with Gasteiger partial charge in [0.1, 0.15) is 0 Å². The van der Waals surface area contributed by atoms with Crippen LogP contribution in [0.2, 0.25) is 0 Å². The van der Waals surface area contributed by atoms with E-state index < -0.39 is 33.9 Å². The average Bonchev–Trinajstić information content (AvgIpc) is 2.53. The second kappa shape index (κ2) is 16.2. The number of carboxylic acids is 2. The summed E-state index contributed by atoms with van der Waals surface area (Å²) in [4.78, 5) is 39.7. The van der Waals surface area contributed by atoms with Gasteiger partial charge >= 0.3 is 24.0 Å². The van der Waals surface area contributed by atoms with Gasteiger partial charge in [0.25, 0.3) is 0 Å². The molecule has 10 nitrogen and oxygen atoms in total. The largest absolute Gasteiger partial charge is 0.476 e. The van der Waals surface area contributed by atoms with Crippen molar-refractivity contribution in [1.82, 2.24) is 0 Å². The van der Waals surface area contributed by atoms with Crippen molar-refractivity contribution in [3.63, 3.8) is 0 Å². The summed E-state index contributed by atoms with van der Waals surface area (Å²) in [5, 5.41) is 37.4. The van der Waals surface area contributed by atoms with E-state index in [9.17, 15) is 29.8 Å². The second-order valence-electron chi connectivity index (χ2n) is 5.98.